The van der Waals surface area contributed by atoms with Crippen molar-refractivity contribution in [1.29, 1.82) is 0 Å². The fourth-order valence-corrected chi connectivity index (χ4v) is 4.24. The highest BCUT2D eigenvalue weighted by Gasteiger charge is 2.56. The molecule has 5 atom stereocenters. The van der Waals surface area contributed by atoms with E-state index in [1.807, 2.05) is 11.9 Å². The van der Waals surface area contributed by atoms with Gasteiger partial charge in [0, 0.05) is 29.8 Å². The first-order chi connectivity index (χ1) is 11.9. The Morgan fingerprint density at radius 2 is 1.76 bits per heavy atom. The minimum atomic E-state index is -1.14. The van der Waals surface area contributed by atoms with E-state index >= 15 is 0 Å². The van der Waals surface area contributed by atoms with E-state index in [1.54, 1.807) is 0 Å². The maximum absolute atomic E-state index is 13.0. The largest absolute Gasteiger partial charge is 0.469 e. The van der Waals surface area contributed by atoms with Crippen LogP contribution in [0.5, 0.6) is 0 Å². The molecular formula is C17H20N2O6. The number of carbonyl (C=O) groups is 2. The molecule has 1 unspecified atom stereocenters. The number of nitro groups is 1. The summed E-state index contributed by atoms with van der Waals surface area (Å²) >= 11 is 0. The monoisotopic (exact) mass is 348 g/mol. The Balaban J connectivity index is 1.92. The molecular weight excluding hydrogens is 328 g/mol. The Bertz CT molecular complexity index is 704. The number of rotatable bonds is 4. The van der Waals surface area contributed by atoms with Gasteiger partial charge in [0.1, 0.15) is 0 Å². The maximum Gasteiger partial charge on any atom is 0.312 e. The van der Waals surface area contributed by atoms with Crippen LogP contribution in [0.3, 0.4) is 0 Å². The molecule has 0 spiro atoms. The molecule has 134 valence electrons. The molecule has 2 aliphatic heterocycles. The summed E-state index contributed by atoms with van der Waals surface area (Å²) in [6.45, 7) is 0. The zero-order chi connectivity index (χ0) is 18.3. The van der Waals surface area contributed by atoms with E-state index in [0.717, 1.165) is 0 Å². The fourth-order valence-electron chi connectivity index (χ4n) is 4.24. The molecule has 8 nitrogen and oxygen atoms in total. The van der Waals surface area contributed by atoms with Gasteiger partial charge in [0.25, 0.3) is 5.69 Å². The predicted molar refractivity (Wildman–Crippen MR) is 87.0 cm³/mol. The first kappa shape index (κ1) is 17.5. The molecule has 8 heteroatoms. The molecule has 2 fully saturated rings. The predicted octanol–water partition coefficient (Wildman–Crippen LogP) is 1.02. The Morgan fingerprint density at radius 1 is 1.20 bits per heavy atom. The molecule has 2 aliphatic rings. The van der Waals surface area contributed by atoms with E-state index in [9.17, 15) is 24.8 Å². The summed E-state index contributed by atoms with van der Waals surface area (Å²) in [6.07, 6.45) is 0.279. The lowest BCUT2D eigenvalue weighted by Crippen LogP contribution is -2.59. The number of benzene rings is 1. The number of aliphatic hydroxyl groups is 1. The van der Waals surface area contributed by atoms with Gasteiger partial charge < -0.3 is 9.84 Å². The third-order valence-electron chi connectivity index (χ3n) is 5.51. The second-order valence-electron chi connectivity index (χ2n) is 6.61. The van der Waals surface area contributed by atoms with Gasteiger partial charge in [-0.25, -0.2) is 0 Å². The van der Waals surface area contributed by atoms with Gasteiger partial charge in [-0.3, -0.25) is 24.6 Å². The molecule has 2 saturated heterocycles. The second kappa shape index (κ2) is 6.53. The number of hydrogen-bond donors (Lipinski definition) is 1. The lowest BCUT2D eigenvalue weighted by molar-refractivity contribution is -0.384. The highest BCUT2D eigenvalue weighted by molar-refractivity contribution is 5.99. The molecule has 1 N–H and O–H groups in total. The van der Waals surface area contributed by atoms with E-state index < -0.39 is 28.8 Å². The SMILES string of the molecule is COC(=O)[C@@H]1[C@H]2CC[C@@H](C(C(=O)c3ccc([N+](=O)[O-])cc3)[C@@H]1O)N2C. The quantitative estimate of drug-likeness (QED) is 0.374. The van der Waals surface area contributed by atoms with E-state index in [0.29, 0.717) is 12.8 Å². The van der Waals surface area contributed by atoms with Crippen LogP contribution in [-0.2, 0) is 9.53 Å². The van der Waals surface area contributed by atoms with Crippen molar-refractivity contribution in [3.63, 3.8) is 0 Å². The number of aliphatic hydroxyl groups excluding tert-OH is 1. The molecule has 0 radical (unpaired) electrons. The Kier molecular flexibility index (Phi) is 4.57. The van der Waals surface area contributed by atoms with Crippen molar-refractivity contribution in [1.82, 2.24) is 4.90 Å². The molecule has 0 aliphatic carbocycles. The molecule has 3 rings (SSSR count). The normalized spacial score (nSPS) is 31.6. The van der Waals surface area contributed by atoms with Crippen LogP contribution < -0.4 is 0 Å². The molecule has 25 heavy (non-hydrogen) atoms. The second-order valence-corrected chi connectivity index (χ2v) is 6.61. The Hall–Kier alpha value is -2.32. The lowest BCUT2D eigenvalue weighted by atomic mass is 9.76. The first-order valence-corrected chi connectivity index (χ1v) is 8.13. The molecule has 2 heterocycles. The molecule has 1 aromatic carbocycles. The topological polar surface area (TPSA) is 110 Å². The van der Waals surface area contributed by atoms with E-state index in [2.05, 4.69) is 0 Å². The smallest absolute Gasteiger partial charge is 0.312 e. The van der Waals surface area contributed by atoms with Gasteiger partial charge in [0.2, 0.25) is 0 Å². The highest BCUT2D eigenvalue weighted by atomic mass is 16.6. The number of carbonyl (C=O) groups excluding carboxylic acids is 2. The number of esters is 1. The zero-order valence-corrected chi connectivity index (χ0v) is 14.0. The number of methoxy groups -OCH3 is 1. The average Bonchev–Trinajstić information content (AvgIpc) is 2.88. The standard InChI is InChI=1S/C17H20N2O6/c1-18-11-7-8-12(18)14(17(22)25-2)16(21)13(11)15(20)9-3-5-10(6-4-9)19(23)24/h3-6,11-14,16,21H,7-8H2,1-2H3/t11-,12+,13?,14+,16-/m0/s1. The van der Waals surface area contributed by atoms with Gasteiger partial charge in [0.15, 0.2) is 5.78 Å². The van der Waals surface area contributed by atoms with Gasteiger partial charge in [0.05, 0.1) is 30.0 Å². The van der Waals surface area contributed by atoms with Crippen LogP contribution in [0.4, 0.5) is 5.69 Å². The number of Topliss-reactive ketones (excluding diaryl/α,β-unsaturated/α-hetero) is 1. The van der Waals surface area contributed by atoms with Gasteiger partial charge in [-0.2, -0.15) is 0 Å². The molecule has 0 amide bonds. The van der Waals surface area contributed by atoms with Crippen molar-refractivity contribution in [2.45, 2.75) is 31.0 Å². The molecule has 0 aromatic heterocycles. The molecule has 1 aromatic rings. The van der Waals surface area contributed by atoms with Crippen LogP contribution in [0.25, 0.3) is 0 Å². The van der Waals surface area contributed by atoms with Crippen LogP contribution in [0.2, 0.25) is 0 Å². The van der Waals surface area contributed by atoms with Crippen molar-refractivity contribution in [3.8, 4) is 0 Å². The Morgan fingerprint density at radius 3 is 2.28 bits per heavy atom. The summed E-state index contributed by atoms with van der Waals surface area (Å²) in [7, 11) is 3.11. The minimum Gasteiger partial charge on any atom is -0.469 e. The summed E-state index contributed by atoms with van der Waals surface area (Å²) < 4.78 is 4.82. The number of nitrogens with zero attached hydrogens (tertiary/aromatic N) is 2. The van der Waals surface area contributed by atoms with Crippen molar-refractivity contribution in [2.75, 3.05) is 14.2 Å². The van der Waals surface area contributed by atoms with Crippen LogP contribution in [0.15, 0.2) is 24.3 Å². The minimum absolute atomic E-state index is 0.105. The summed E-state index contributed by atoms with van der Waals surface area (Å²) in [6, 6.07) is 5.00. The lowest BCUT2D eigenvalue weighted by Gasteiger charge is -2.44. The van der Waals surface area contributed by atoms with Crippen LogP contribution >= 0.6 is 0 Å². The number of ketones is 1. The number of nitro benzene ring substituents is 1. The van der Waals surface area contributed by atoms with Crippen LogP contribution in [0, 0.1) is 22.0 Å². The van der Waals surface area contributed by atoms with E-state index in [4.69, 9.17) is 4.74 Å². The van der Waals surface area contributed by atoms with Gasteiger partial charge in [-0.1, -0.05) is 0 Å². The third kappa shape index (κ3) is 2.81. The van der Waals surface area contributed by atoms with Crippen molar-refractivity contribution in [2.24, 2.45) is 11.8 Å². The Labute approximate surface area is 144 Å². The first-order valence-electron chi connectivity index (χ1n) is 8.13. The van der Waals surface area contributed by atoms with Gasteiger partial charge in [-0.05, 0) is 32.0 Å². The van der Waals surface area contributed by atoms with E-state index in [1.165, 1.54) is 31.4 Å². The number of non-ortho nitro benzene ring substituents is 1. The van der Waals surface area contributed by atoms with Crippen LogP contribution in [-0.4, -0.2) is 59.0 Å². The number of hydrogen-bond acceptors (Lipinski definition) is 7. The van der Waals surface area contributed by atoms with Gasteiger partial charge in [-0.15, -0.1) is 0 Å². The van der Waals surface area contributed by atoms with E-state index in [-0.39, 0.29) is 29.1 Å². The molecule has 2 bridgehead atoms. The fraction of sp³-hybridized carbons (Fsp3) is 0.529. The summed E-state index contributed by atoms with van der Waals surface area (Å²) in [5.74, 6) is -2.38. The van der Waals surface area contributed by atoms with Crippen molar-refractivity contribution >= 4 is 17.4 Å². The number of ether oxygens (including phenoxy) is 1. The number of piperidine rings is 1. The van der Waals surface area contributed by atoms with Crippen LogP contribution in [0.1, 0.15) is 23.2 Å². The summed E-state index contributed by atoms with van der Waals surface area (Å²) in [5.41, 5.74) is 0.184. The maximum atomic E-state index is 13.0. The molecule has 0 saturated carbocycles. The highest BCUT2D eigenvalue weighted by Crippen LogP contribution is 2.43. The summed E-state index contributed by atoms with van der Waals surface area (Å²) in [4.78, 5) is 37.3. The zero-order valence-electron chi connectivity index (χ0n) is 14.0. The number of fused-ring (bicyclic) bond motifs is 2. The van der Waals surface area contributed by atoms with Crippen molar-refractivity contribution in [3.05, 3.63) is 39.9 Å². The third-order valence-corrected chi connectivity index (χ3v) is 5.51. The van der Waals surface area contributed by atoms with Gasteiger partial charge >= 0.3 is 5.97 Å². The van der Waals surface area contributed by atoms with Crippen molar-refractivity contribution < 1.29 is 24.4 Å². The average molecular weight is 348 g/mol. The summed E-state index contributed by atoms with van der Waals surface area (Å²) in [5, 5.41) is 21.5.